The maximum absolute atomic E-state index is 6.28. The fourth-order valence-electron chi connectivity index (χ4n) is 10.1. The minimum absolute atomic E-state index is 0.896. The number of fused-ring (bicyclic) bond motifs is 9. The molecule has 3 heteroatoms. The van der Waals surface area contributed by atoms with E-state index in [0.29, 0.717) is 0 Å². The van der Waals surface area contributed by atoms with Crippen molar-refractivity contribution in [1.29, 1.82) is 0 Å². The van der Waals surface area contributed by atoms with Crippen LogP contribution in [-0.4, -0.2) is 4.57 Å². The average molecular weight is 829 g/mol. The lowest BCUT2D eigenvalue weighted by molar-refractivity contribution is 0.669. The van der Waals surface area contributed by atoms with Crippen LogP contribution in [0.4, 0.5) is 17.1 Å². The Morgan fingerprint density at radius 1 is 0.292 bits per heavy atom. The summed E-state index contributed by atoms with van der Waals surface area (Å²) in [6.45, 7) is 0. The van der Waals surface area contributed by atoms with Crippen LogP contribution in [-0.2, 0) is 0 Å². The number of benzene rings is 11. The van der Waals surface area contributed by atoms with Gasteiger partial charge in [0.1, 0.15) is 11.2 Å². The van der Waals surface area contributed by atoms with Gasteiger partial charge in [0.2, 0.25) is 0 Å². The van der Waals surface area contributed by atoms with E-state index in [1.54, 1.807) is 0 Å². The number of hydrogen-bond acceptors (Lipinski definition) is 2. The van der Waals surface area contributed by atoms with Crippen molar-refractivity contribution in [3.05, 3.63) is 243 Å². The minimum Gasteiger partial charge on any atom is -0.456 e. The number of nitrogens with zero attached hydrogens (tertiary/aromatic N) is 2. The molecule has 0 bridgehead atoms. The third kappa shape index (κ3) is 6.20. The first-order valence-corrected chi connectivity index (χ1v) is 22.2. The molecule has 0 spiro atoms. The Bertz CT molecular complexity index is 3900. The van der Waals surface area contributed by atoms with E-state index in [9.17, 15) is 0 Å². The Hall–Kier alpha value is -8.66. The zero-order valence-electron chi connectivity index (χ0n) is 35.4. The number of aromatic nitrogens is 1. The molecule has 13 aromatic rings. The van der Waals surface area contributed by atoms with Crippen molar-refractivity contribution >= 4 is 82.4 Å². The summed E-state index contributed by atoms with van der Waals surface area (Å²) in [5.41, 5.74) is 15.5. The molecule has 65 heavy (non-hydrogen) atoms. The number of para-hydroxylation sites is 3. The van der Waals surface area contributed by atoms with E-state index in [1.165, 1.54) is 60.0 Å². The van der Waals surface area contributed by atoms with Gasteiger partial charge < -0.3 is 13.9 Å². The Balaban J connectivity index is 0.913. The maximum atomic E-state index is 6.28. The molecule has 304 valence electrons. The van der Waals surface area contributed by atoms with Gasteiger partial charge in [-0.1, -0.05) is 158 Å². The molecule has 0 saturated carbocycles. The lowest BCUT2D eigenvalue weighted by Crippen LogP contribution is -2.10. The van der Waals surface area contributed by atoms with Gasteiger partial charge in [0.05, 0.1) is 11.0 Å². The van der Waals surface area contributed by atoms with Crippen LogP contribution in [0.3, 0.4) is 0 Å². The van der Waals surface area contributed by atoms with Gasteiger partial charge in [-0.25, -0.2) is 0 Å². The zero-order chi connectivity index (χ0) is 42.8. The monoisotopic (exact) mass is 828 g/mol. The van der Waals surface area contributed by atoms with E-state index >= 15 is 0 Å². The van der Waals surface area contributed by atoms with Gasteiger partial charge >= 0.3 is 0 Å². The Labute approximate surface area is 376 Å². The van der Waals surface area contributed by atoms with E-state index in [4.69, 9.17) is 4.42 Å². The predicted molar refractivity (Wildman–Crippen MR) is 274 cm³/mol. The molecular weight excluding hydrogens is 789 g/mol. The highest BCUT2D eigenvalue weighted by atomic mass is 16.3. The van der Waals surface area contributed by atoms with Gasteiger partial charge in [0.25, 0.3) is 0 Å². The van der Waals surface area contributed by atoms with Gasteiger partial charge in [0, 0.05) is 44.3 Å². The molecule has 0 unspecified atom stereocenters. The summed E-state index contributed by atoms with van der Waals surface area (Å²) in [6, 6.07) is 87.8. The highest BCUT2D eigenvalue weighted by Gasteiger charge is 2.18. The largest absolute Gasteiger partial charge is 0.456 e. The molecular formula is C62H40N2O. The number of hydrogen-bond donors (Lipinski definition) is 0. The molecule has 0 aliphatic carbocycles. The molecule has 0 aliphatic heterocycles. The second-order valence-corrected chi connectivity index (χ2v) is 16.9. The molecule has 2 aromatic heterocycles. The summed E-state index contributed by atoms with van der Waals surface area (Å²) >= 11 is 0. The van der Waals surface area contributed by atoms with Crippen molar-refractivity contribution < 1.29 is 4.42 Å². The van der Waals surface area contributed by atoms with E-state index in [0.717, 1.165) is 61.4 Å². The van der Waals surface area contributed by atoms with Crippen LogP contribution in [0.25, 0.3) is 104 Å². The van der Waals surface area contributed by atoms with Crippen LogP contribution in [0, 0.1) is 0 Å². The molecule has 11 aromatic carbocycles. The van der Waals surface area contributed by atoms with Crippen LogP contribution in [0.1, 0.15) is 0 Å². The number of rotatable bonds is 7. The summed E-state index contributed by atoms with van der Waals surface area (Å²) in [6.07, 6.45) is 0. The van der Waals surface area contributed by atoms with Crippen molar-refractivity contribution in [2.24, 2.45) is 0 Å². The SMILES string of the molecule is c1cc(-c2cc3ccccc3c3ccccc23)cc(N(c2ccc(-c3cccc(-n4c5ccccc5c5ccccc54)c3)cc2)c2ccc(-c3ccc4c(c3)oc3ccccc34)cc2)c1. The van der Waals surface area contributed by atoms with Gasteiger partial charge in [-0.2, -0.15) is 0 Å². The minimum atomic E-state index is 0.896. The normalized spacial score (nSPS) is 11.7. The maximum Gasteiger partial charge on any atom is 0.136 e. The van der Waals surface area contributed by atoms with E-state index in [-0.39, 0.29) is 0 Å². The van der Waals surface area contributed by atoms with Crippen LogP contribution >= 0.6 is 0 Å². The Morgan fingerprint density at radius 2 is 0.831 bits per heavy atom. The Morgan fingerprint density at radius 3 is 1.55 bits per heavy atom. The quantitative estimate of drug-likeness (QED) is 0.149. The highest BCUT2D eigenvalue weighted by Crippen LogP contribution is 2.42. The molecule has 13 rings (SSSR count). The topological polar surface area (TPSA) is 21.3 Å². The first kappa shape index (κ1) is 36.9. The first-order chi connectivity index (χ1) is 32.2. The Kier molecular flexibility index (Phi) is 8.53. The first-order valence-electron chi connectivity index (χ1n) is 22.2. The van der Waals surface area contributed by atoms with Crippen LogP contribution in [0.2, 0.25) is 0 Å². The summed E-state index contributed by atoms with van der Waals surface area (Å²) < 4.78 is 8.67. The summed E-state index contributed by atoms with van der Waals surface area (Å²) in [5.74, 6) is 0. The van der Waals surface area contributed by atoms with Crippen molar-refractivity contribution in [3.63, 3.8) is 0 Å². The van der Waals surface area contributed by atoms with Crippen LogP contribution < -0.4 is 4.90 Å². The average Bonchev–Trinajstić information content (AvgIpc) is 3.92. The standard InChI is InChI=1S/C62H40N2O/c1-2-18-51-46(13-1)39-58(53-20-4-3-19-52(51)53)45-15-12-16-49(38-45)63(48-34-29-42(30-35-48)44-31-36-57-56-23-7-10-26-61(56)65-62(57)40-44)47-32-27-41(28-33-47)43-14-11-17-50(37-43)64-59-24-8-5-21-54(59)55-22-6-9-25-60(55)64/h1-40H. The van der Waals surface area contributed by atoms with Crippen molar-refractivity contribution in [3.8, 4) is 39.1 Å². The van der Waals surface area contributed by atoms with Crippen molar-refractivity contribution in [2.75, 3.05) is 4.90 Å². The van der Waals surface area contributed by atoms with Crippen molar-refractivity contribution in [2.45, 2.75) is 0 Å². The van der Waals surface area contributed by atoms with E-state index < -0.39 is 0 Å². The summed E-state index contributed by atoms with van der Waals surface area (Å²) in [7, 11) is 0. The lowest BCUT2D eigenvalue weighted by Gasteiger charge is -2.26. The smallest absolute Gasteiger partial charge is 0.136 e. The molecule has 0 saturated heterocycles. The predicted octanol–water partition coefficient (Wildman–Crippen LogP) is 17.5. The van der Waals surface area contributed by atoms with Crippen LogP contribution in [0.15, 0.2) is 247 Å². The van der Waals surface area contributed by atoms with E-state index in [1.807, 2.05) is 12.1 Å². The van der Waals surface area contributed by atoms with Crippen LogP contribution in [0.5, 0.6) is 0 Å². The third-order valence-electron chi connectivity index (χ3n) is 13.2. The van der Waals surface area contributed by atoms with Gasteiger partial charge in [-0.05, 0) is 140 Å². The molecule has 2 heterocycles. The van der Waals surface area contributed by atoms with Gasteiger partial charge in [-0.3, -0.25) is 0 Å². The molecule has 0 N–H and O–H groups in total. The molecule has 0 aliphatic rings. The number of furan rings is 1. The third-order valence-corrected chi connectivity index (χ3v) is 13.2. The highest BCUT2D eigenvalue weighted by molar-refractivity contribution is 6.14. The zero-order valence-corrected chi connectivity index (χ0v) is 35.4. The van der Waals surface area contributed by atoms with Crippen molar-refractivity contribution in [1.82, 2.24) is 4.57 Å². The lowest BCUT2D eigenvalue weighted by atomic mass is 9.93. The molecule has 0 fully saturated rings. The second kappa shape index (κ2) is 15.0. The second-order valence-electron chi connectivity index (χ2n) is 16.9. The molecule has 3 nitrogen and oxygen atoms in total. The molecule has 0 amide bonds. The molecule has 0 atom stereocenters. The summed E-state index contributed by atoms with van der Waals surface area (Å²) in [5, 5.41) is 9.80. The van der Waals surface area contributed by atoms with Gasteiger partial charge in [0.15, 0.2) is 0 Å². The van der Waals surface area contributed by atoms with E-state index in [2.05, 4.69) is 240 Å². The molecule has 0 radical (unpaired) electrons. The fraction of sp³-hybridized carbons (Fsp3) is 0. The van der Waals surface area contributed by atoms with Gasteiger partial charge in [-0.15, -0.1) is 0 Å². The fourth-order valence-corrected chi connectivity index (χ4v) is 10.1. The number of anilines is 3. The summed E-state index contributed by atoms with van der Waals surface area (Å²) in [4.78, 5) is 2.37.